The number of nitrogens with zero attached hydrogens (tertiary/aromatic N) is 4. The molecule has 0 aliphatic carbocycles. The monoisotopic (exact) mass is 298 g/mol. The van der Waals surface area contributed by atoms with Crippen LogP contribution in [0.2, 0.25) is 0 Å². The van der Waals surface area contributed by atoms with Gasteiger partial charge in [-0.15, -0.1) is 5.11 Å². The van der Waals surface area contributed by atoms with Crippen LogP contribution >= 0.6 is 0 Å². The lowest BCUT2D eigenvalue weighted by Crippen LogP contribution is -2.18. The summed E-state index contributed by atoms with van der Waals surface area (Å²) in [6.07, 6.45) is 0. The van der Waals surface area contributed by atoms with E-state index < -0.39 is 5.56 Å². The van der Waals surface area contributed by atoms with Crippen molar-refractivity contribution in [3.63, 3.8) is 0 Å². The number of azo groups is 1. The van der Waals surface area contributed by atoms with Crippen LogP contribution in [0.25, 0.3) is 0 Å². The topological polar surface area (TPSA) is 100.0 Å². The predicted octanol–water partition coefficient (Wildman–Crippen LogP) is 2.70. The number of hydrogen-bond donors (Lipinski definition) is 1. The van der Waals surface area contributed by atoms with Gasteiger partial charge in [-0.2, -0.15) is 10.4 Å². The Morgan fingerprint density at radius 2 is 2.09 bits per heavy atom. The van der Waals surface area contributed by atoms with Crippen LogP contribution in [0, 0.1) is 18.3 Å². The number of hydrogen-bond acceptors (Lipinski definition) is 6. The van der Waals surface area contributed by atoms with Crippen LogP contribution in [0.3, 0.4) is 0 Å². The Labute approximate surface area is 126 Å². The maximum absolute atomic E-state index is 12.1. The zero-order valence-electron chi connectivity index (χ0n) is 12.4. The molecule has 0 radical (unpaired) electrons. The lowest BCUT2D eigenvalue weighted by atomic mass is 10.1. The molecule has 112 valence electrons. The van der Waals surface area contributed by atoms with E-state index >= 15 is 0 Å². The molecule has 0 aliphatic heterocycles. The van der Waals surface area contributed by atoms with Crippen LogP contribution in [-0.2, 0) is 7.05 Å². The van der Waals surface area contributed by atoms with Crippen molar-refractivity contribution in [1.82, 2.24) is 4.57 Å². The zero-order chi connectivity index (χ0) is 16.3. The van der Waals surface area contributed by atoms with Crippen molar-refractivity contribution in [3.8, 4) is 17.7 Å². The van der Waals surface area contributed by atoms with Gasteiger partial charge >= 0.3 is 0 Å². The number of nitriles is 1. The molecule has 1 heterocycles. The maximum atomic E-state index is 12.1. The molecule has 0 saturated heterocycles. The van der Waals surface area contributed by atoms with Gasteiger partial charge in [0.25, 0.3) is 5.56 Å². The van der Waals surface area contributed by atoms with E-state index in [9.17, 15) is 9.90 Å². The van der Waals surface area contributed by atoms with Gasteiger partial charge in [0.15, 0.2) is 5.69 Å². The Balaban J connectivity index is 2.54. The third-order valence-electron chi connectivity index (χ3n) is 3.21. The number of pyridine rings is 1. The van der Waals surface area contributed by atoms with Gasteiger partial charge in [0.05, 0.1) is 12.8 Å². The number of aromatic nitrogens is 1. The molecule has 0 bridgehead atoms. The molecule has 22 heavy (non-hydrogen) atoms. The Kier molecular flexibility index (Phi) is 4.23. The van der Waals surface area contributed by atoms with Crippen molar-refractivity contribution in [1.29, 1.82) is 5.26 Å². The van der Waals surface area contributed by atoms with E-state index in [1.165, 1.54) is 14.2 Å². The molecule has 2 rings (SSSR count). The van der Waals surface area contributed by atoms with Crippen molar-refractivity contribution in [2.24, 2.45) is 17.3 Å². The van der Waals surface area contributed by atoms with Gasteiger partial charge in [-0.3, -0.25) is 9.36 Å². The van der Waals surface area contributed by atoms with Crippen molar-refractivity contribution < 1.29 is 9.84 Å². The second-order valence-electron chi connectivity index (χ2n) is 4.55. The molecular formula is C15H14N4O3. The molecule has 0 spiro atoms. The first kappa shape index (κ1) is 15.3. The van der Waals surface area contributed by atoms with Crippen LogP contribution in [0.1, 0.15) is 11.1 Å². The van der Waals surface area contributed by atoms with Crippen LogP contribution in [0.4, 0.5) is 11.4 Å². The highest BCUT2D eigenvalue weighted by molar-refractivity contribution is 5.56. The third-order valence-corrected chi connectivity index (χ3v) is 3.21. The van der Waals surface area contributed by atoms with Crippen molar-refractivity contribution in [2.75, 3.05) is 7.11 Å². The summed E-state index contributed by atoms with van der Waals surface area (Å²) in [4.78, 5) is 12.1. The van der Waals surface area contributed by atoms with E-state index in [-0.39, 0.29) is 22.7 Å². The second kappa shape index (κ2) is 6.10. The largest absolute Gasteiger partial charge is 0.497 e. The minimum Gasteiger partial charge on any atom is -0.497 e. The molecule has 1 aromatic heterocycles. The van der Waals surface area contributed by atoms with E-state index in [1.54, 1.807) is 31.2 Å². The van der Waals surface area contributed by atoms with E-state index in [2.05, 4.69) is 10.2 Å². The summed E-state index contributed by atoms with van der Waals surface area (Å²) in [6, 6.07) is 8.73. The van der Waals surface area contributed by atoms with Crippen LogP contribution in [-0.4, -0.2) is 16.8 Å². The Hall–Kier alpha value is -3.14. The van der Waals surface area contributed by atoms with Crippen LogP contribution in [0.15, 0.2) is 39.3 Å². The summed E-state index contributed by atoms with van der Waals surface area (Å²) in [5.74, 6) is 0.231. The van der Waals surface area contributed by atoms with Crippen molar-refractivity contribution in [3.05, 3.63) is 45.7 Å². The van der Waals surface area contributed by atoms with Gasteiger partial charge in [0.1, 0.15) is 17.4 Å². The van der Waals surface area contributed by atoms with Gasteiger partial charge in [-0.1, -0.05) is 6.07 Å². The van der Waals surface area contributed by atoms with Gasteiger partial charge in [-0.05, 0) is 19.1 Å². The van der Waals surface area contributed by atoms with Crippen molar-refractivity contribution >= 4 is 11.4 Å². The normalized spacial score (nSPS) is 10.6. The fraction of sp³-hybridized carbons (Fsp3) is 0.200. The minimum absolute atomic E-state index is 0.00157. The molecule has 0 saturated carbocycles. The maximum Gasteiger partial charge on any atom is 0.281 e. The Bertz CT molecular complexity index is 847. The molecule has 1 aromatic carbocycles. The molecule has 7 nitrogen and oxygen atoms in total. The summed E-state index contributed by atoms with van der Waals surface area (Å²) in [6.45, 7) is 1.54. The molecule has 0 fully saturated rings. The first-order valence-corrected chi connectivity index (χ1v) is 6.38. The average Bonchev–Trinajstić information content (AvgIpc) is 2.53. The lowest BCUT2D eigenvalue weighted by molar-refractivity contribution is 0.415. The molecule has 0 atom stereocenters. The van der Waals surface area contributed by atoms with Gasteiger partial charge in [0.2, 0.25) is 5.88 Å². The summed E-state index contributed by atoms with van der Waals surface area (Å²) < 4.78 is 6.05. The highest BCUT2D eigenvalue weighted by Gasteiger charge is 2.16. The number of benzene rings is 1. The SMILES string of the molecule is COc1cccc(N=Nc2c(C)c(C#N)c(O)n(C)c2=O)c1. The van der Waals surface area contributed by atoms with E-state index in [1.807, 2.05) is 6.07 Å². The predicted molar refractivity (Wildman–Crippen MR) is 80.0 cm³/mol. The standard InChI is InChI=1S/C15H14N4O3/c1-9-12(8-16)14(20)19(2)15(21)13(9)18-17-10-5-4-6-11(7-10)22-3/h4-7,20H,1-3H3. The molecule has 7 heteroatoms. The fourth-order valence-electron chi connectivity index (χ4n) is 1.90. The van der Waals surface area contributed by atoms with E-state index in [0.717, 1.165) is 4.57 Å². The smallest absolute Gasteiger partial charge is 0.281 e. The van der Waals surface area contributed by atoms with Gasteiger partial charge in [-0.25, -0.2) is 0 Å². The molecule has 2 aromatic rings. The summed E-state index contributed by atoms with van der Waals surface area (Å²) in [5, 5.41) is 26.8. The second-order valence-corrected chi connectivity index (χ2v) is 4.55. The number of aromatic hydroxyl groups is 1. The Morgan fingerprint density at radius 3 is 2.73 bits per heavy atom. The lowest BCUT2D eigenvalue weighted by Gasteiger charge is -2.08. The molecule has 0 amide bonds. The van der Waals surface area contributed by atoms with Crippen molar-refractivity contribution in [2.45, 2.75) is 6.92 Å². The van der Waals surface area contributed by atoms with E-state index in [4.69, 9.17) is 10.00 Å². The van der Waals surface area contributed by atoms with E-state index in [0.29, 0.717) is 11.4 Å². The summed E-state index contributed by atoms with van der Waals surface area (Å²) in [5.41, 5.74) is 0.282. The average molecular weight is 298 g/mol. The number of rotatable bonds is 3. The molecule has 0 aliphatic rings. The highest BCUT2D eigenvalue weighted by atomic mass is 16.5. The van der Waals surface area contributed by atoms with Crippen LogP contribution < -0.4 is 10.3 Å². The first-order valence-electron chi connectivity index (χ1n) is 6.38. The molecule has 0 unspecified atom stereocenters. The molecule has 1 N–H and O–H groups in total. The third kappa shape index (κ3) is 2.67. The summed E-state index contributed by atoms with van der Waals surface area (Å²) in [7, 11) is 2.90. The van der Waals surface area contributed by atoms with Crippen LogP contribution in [0.5, 0.6) is 11.6 Å². The molecular weight excluding hydrogens is 284 g/mol. The first-order chi connectivity index (χ1) is 10.5. The highest BCUT2D eigenvalue weighted by Crippen LogP contribution is 2.27. The zero-order valence-corrected chi connectivity index (χ0v) is 12.4. The number of ether oxygens (including phenoxy) is 1. The number of methoxy groups -OCH3 is 1. The fourth-order valence-corrected chi connectivity index (χ4v) is 1.90. The van der Waals surface area contributed by atoms with Gasteiger partial charge in [0, 0.05) is 18.7 Å². The summed E-state index contributed by atoms with van der Waals surface area (Å²) >= 11 is 0. The Morgan fingerprint density at radius 1 is 1.36 bits per heavy atom. The van der Waals surface area contributed by atoms with Gasteiger partial charge < -0.3 is 9.84 Å². The quantitative estimate of drug-likeness (QED) is 0.880. The minimum atomic E-state index is -0.527.